The van der Waals surface area contributed by atoms with E-state index in [1.165, 1.54) is 13.2 Å². The predicted molar refractivity (Wildman–Crippen MR) is 61.8 cm³/mol. The van der Waals surface area contributed by atoms with E-state index >= 15 is 0 Å². The zero-order valence-electron chi connectivity index (χ0n) is 8.77. The van der Waals surface area contributed by atoms with E-state index in [2.05, 4.69) is 20.7 Å². The van der Waals surface area contributed by atoms with Gasteiger partial charge in [0.05, 0.1) is 17.6 Å². The average molecular weight is 299 g/mol. The van der Waals surface area contributed by atoms with Gasteiger partial charge in [-0.05, 0) is 6.07 Å². The molecule has 0 heterocycles. The molecule has 0 saturated carbocycles. The summed E-state index contributed by atoms with van der Waals surface area (Å²) in [5.74, 6) is -0.633. The molecular formula is C10H7BrN2O4. The van der Waals surface area contributed by atoms with E-state index < -0.39 is 10.9 Å². The van der Waals surface area contributed by atoms with E-state index in [0.717, 1.165) is 6.07 Å². The van der Waals surface area contributed by atoms with Gasteiger partial charge in [-0.25, -0.2) is 4.79 Å². The third-order valence-electron chi connectivity index (χ3n) is 2.14. The van der Waals surface area contributed by atoms with Crippen LogP contribution in [0.2, 0.25) is 0 Å². The lowest BCUT2D eigenvalue weighted by Gasteiger charge is -2.07. The minimum atomic E-state index is -0.661. The number of hydrogen-bond donors (Lipinski definition) is 0. The van der Waals surface area contributed by atoms with Gasteiger partial charge in [-0.15, -0.1) is 0 Å². The monoisotopic (exact) mass is 298 g/mol. The van der Waals surface area contributed by atoms with E-state index in [1.807, 2.05) is 0 Å². The van der Waals surface area contributed by atoms with Crippen molar-refractivity contribution in [3.05, 3.63) is 38.9 Å². The molecule has 0 atom stereocenters. The van der Waals surface area contributed by atoms with Crippen LogP contribution in [-0.4, -0.2) is 18.0 Å². The second kappa shape index (κ2) is 5.41. The van der Waals surface area contributed by atoms with Crippen LogP contribution in [0.15, 0.2) is 12.1 Å². The number of rotatable bonds is 3. The van der Waals surface area contributed by atoms with Crippen molar-refractivity contribution >= 4 is 27.6 Å². The van der Waals surface area contributed by atoms with Crippen LogP contribution in [0.1, 0.15) is 21.5 Å². The Kier molecular flexibility index (Phi) is 4.17. The fourth-order valence-electron chi connectivity index (χ4n) is 1.35. The van der Waals surface area contributed by atoms with Crippen LogP contribution in [0.25, 0.3) is 0 Å². The fraction of sp³-hybridized carbons (Fsp3) is 0.200. The Labute approximate surface area is 105 Å². The number of benzene rings is 1. The van der Waals surface area contributed by atoms with E-state index in [0.29, 0.717) is 0 Å². The number of ether oxygens (including phenoxy) is 1. The van der Waals surface area contributed by atoms with Crippen molar-refractivity contribution in [2.24, 2.45) is 0 Å². The summed E-state index contributed by atoms with van der Waals surface area (Å²) >= 11 is 3.10. The minimum Gasteiger partial charge on any atom is -0.465 e. The topological polar surface area (TPSA) is 93.2 Å². The lowest BCUT2D eigenvalue weighted by molar-refractivity contribution is -0.385. The highest BCUT2D eigenvalue weighted by molar-refractivity contribution is 9.08. The number of nitriles is 1. The van der Waals surface area contributed by atoms with Crippen LogP contribution in [-0.2, 0) is 10.1 Å². The number of halogens is 1. The lowest BCUT2D eigenvalue weighted by atomic mass is 10.0. The van der Waals surface area contributed by atoms with Gasteiger partial charge >= 0.3 is 5.97 Å². The van der Waals surface area contributed by atoms with Crippen LogP contribution in [0, 0.1) is 21.4 Å². The van der Waals surface area contributed by atoms with E-state index in [1.54, 1.807) is 6.07 Å². The molecule has 88 valence electrons. The zero-order valence-corrected chi connectivity index (χ0v) is 10.4. The Morgan fingerprint density at radius 1 is 1.65 bits per heavy atom. The van der Waals surface area contributed by atoms with Crippen molar-refractivity contribution in [3.63, 3.8) is 0 Å². The lowest BCUT2D eigenvalue weighted by Crippen LogP contribution is -2.08. The molecule has 0 bridgehead atoms. The molecule has 0 aromatic heterocycles. The van der Waals surface area contributed by atoms with Crippen LogP contribution in [0.4, 0.5) is 5.69 Å². The van der Waals surface area contributed by atoms with Crippen molar-refractivity contribution in [3.8, 4) is 6.07 Å². The van der Waals surface area contributed by atoms with Gasteiger partial charge in [0, 0.05) is 17.0 Å². The van der Waals surface area contributed by atoms with Gasteiger partial charge in [0.2, 0.25) is 0 Å². The standard InChI is InChI=1S/C10H7BrN2O4/c1-17-10(14)6-2-3-9(13(15)16)8(5-12)7(6)4-11/h2-3H,4H2,1H3. The van der Waals surface area contributed by atoms with E-state index in [4.69, 9.17) is 5.26 Å². The van der Waals surface area contributed by atoms with Crippen LogP contribution in [0.3, 0.4) is 0 Å². The second-order valence-electron chi connectivity index (χ2n) is 2.98. The number of esters is 1. The molecule has 6 nitrogen and oxygen atoms in total. The van der Waals surface area contributed by atoms with Crippen molar-refractivity contribution in [1.82, 2.24) is 0 Å². The minimum absolute atomic E-state index is 0.130. The van der Waals surface area contributed by atoms with Crippen LogP contribution >= 0.6 is 15.9 Å². The molecule has 17 heavy (non-hydrogen) atoms. The summed E-state index contributed by atoms with van der Waals surface area (Å²) in [6, 6.07) is 4.14. The molecule has 0 radical (unpaired) electrons. The van der Waals surface area contributed by atoms with Crippen molar-refractivity contribution < 1.29 is 14.5 Å². The quantitative estimate of drug-likeness (QED) is 0.369. The number of nitro groups is 1. The summed E-state index contributed by atoms with van der Waals surface area (Å²) in [5, 5.41) is 19.8. The molecule has 0 fully saturated rings. The summed E-state index contributed by atoms with van der Waals surface area (Å²) in [4.78, 5) is 21.5. The molecule has 1 aromatic carbocycles. The Morgan fingerprint density at radius 2 is 2.29 bits per heavy atom. The van der Waals surface area contributed by atoms with E-state index in [9.17, 15) is 14.9 Å². The maximum atomic E-state index is 11.4. The summed E-state index contributed by atoms with van der Waals surface area (Å²) in [7, 11) is 1.20. The second-order valence-corrected chi connectivity index (χ2v) is 3.54. The predicted octanol–water partition coefficient (Wildman–Crippen LogP) is 2.15. The molecule has 0 N–H and O–H groups in total. The molecular weight excluding hydrogens is 292 g/mol. The van der Waals surface area contributed by atoms with Gasteiger partial charge < -0.3 is 4.74 Å². The fourth-order valence-corrected chi connectivity index (χ4v) is 1.93. The molecule has 1 rings (SSSR count). The Balaban J connectivity index is 3.55. The van der Waals surface area contributed by atoms with Gasteiger partial charge in [0.1, 0.15) is 11.6 Å². The summed E-state index contributed by atoms with van der Waals surface area (Å²) in [6.07, 6.45) is 0. The molecule has 7 heteroatoms. The molecule has 0 aliphatic rings. The maximum Gasteiger partial charge on any atom is 0.338 e. The number of alkyl halides is 1. The molecule has 0 spiro atoms. The highest BCUT2D eigenvalue weighted by Crippen LogP contribution is 2.27. The van der Waals surface area contributed by atoms with Gasteiger partial charge in [0.15, 0.2) is 0 Å². The van der Waals surface area contributed by atoms with Gasteiger partial charge in [-0.2, -0.15) is 5.26 Å². The number of nitrogens with zero attached hydrogens (tertiary/aromatic N) is 2. The number of methoxy groups -OCH3 is 1. The SMILES string of the molecule is COC(=O)c1ccc([N+](=O)[O-])c(C#N)c1CBr. The molecule has 0 aliphatic carbocycles. The normalized spacial score (nSPS) is 9.47. The first-order valence-electron chi connectivity index (χ1n) is 4.41. The Bertz CT molecular complexity index is 522. The molecule has 0 saturated heterocycles. The first-order chi connectivity index (χ1) is 8.06. The maximum absolute atomic E-state index is 11.4. The molecule has 1 aromatic rings. The molecule has 0 aliphatic heterocycles. The average Bonchev–Trinajstić information content (AvgIpc) is 2.35. The van der Waals surface area contributed by atoms with E-state index in [-0.39, 0.29) is 27.7 Å². The Morgan fingerprint density at radius 3 is 2.71 bits per heavy atom. The van der Waals surface area contributed by atoms with Crippen molar-refractivity contribution in [2.45, 2.75) is 5.33 Å². The van der Waals surface area contributed by atoms with Gasteiger partial charge in [-0.3, -0.25) is 10.1 Å². The number of nitro benzene ring substituents is 1. The summed E-state index contributed by atoms with van der Waals surface area (Å²) in [6.45, 7) is 0. The Hall–Kier alpha value is -1.94. The highest BCUT2D eigenvalue weighted by Gasteiger charge is 2.23. The first kappa shape index (κ1) is 13.1. The third kappa shape index (κ3) is 2.42. The number of carbonyl (C=O) groups is 1. The first-order valence-corrected chi connectivity index (χ1v) is 5.53. The highest BCUT2D eigenvalue weighted by atomic mass is 79.9. The van der Waals surface area contributed by atoms with Gasteiger partial charge in [-0.1, -0.05) is 15.9 Å². The van der Waals surface area contributed by atoms with Gasteiger partial charge in [0.25, 0.3) is 5.69 Å². The van der Waals surface area contributed by atoms with Crippen LogP contribution < -0.4 is 0 Å². The van der Waals surface area contributed by atoms with Crippen LogP contribution in [0.5, 0.6) is 0 Å². The number of carbonyl (C=O) groups excluding carboxylic acids is 1. The van der Waals surface area contributed by atoms with Crippen molar-refractivity contribution in [1.29, 1.82) is 5.26 Å². The molecule has 0 unspecified atom stereocenters. The largest absolute Gasteiger partial charge is 0.465 e. The summed E-state index contributed by atoms with van der Waals surface area (Å²) < 4.78 is 4.54. The number of hydrogen-bond acceptors (Lipinski definition) is 5. The summed E-state index contributed by atoms with van der Waals surface area (Å²) in [5.41, 5.74) is -0.0514. The third-order valence-corrected chi connectivity index (χ3v) is 2.70. The van der Waals surface area contributed by atoms with Crippen molar-refractivity contribution in [2.75, 3.05) is 7.11 Å². The zero-order chi connectivity index (χ0) is 13.0. The smallest absolute Gasteiger partial charge is 0.338 e. The molecule has 0 amide bonds.